The van der Waals surface area contributed by atoms with E-state index in [0.717, 1.165) is 97.7 Å². The number of hydrogen-bond donors (Lipinski definition) is 1. The highest BCUT2D eigenvalue weighted by Crippen LogP contribution is 2.79. The Morgan fingerprint density at radius 2 is 1.37 bits per heavy atom. The Morgan fingerprint density at radius 3 is 2.02 bits per heavy atom. The molecule has 8 rings (SSSR count). The van der Waals surface area contributed by atoms with Crippen LogP contribution in [0.4, 0.5) is 0 Å². The summed E-state index contributed by atoms with van der Waals surface area (Å²) in [4.78, 5) is 47.7. The number of morpholine rings is 1. The third-order valence-electron chi connectivity index (χ3n) is 19.9. The molecular weight excluding hydrogens is 715 g/mol. The SMILES string of the molecule is CC(C)(CC(=O)O[C@H]1CC[C@]2(C)[C@H]3CC[C@@H]4[C@H]5[C@H](C6(C)CC6)CC[C@]5(C(=O)N5CCN(CCCN6CCOCC6)CC5)CC[C@@]4(C)[C@]3(C)CC[C@H]2C1(C)C)C(=O)O. The van der Waals surface area contributed by atoms with Gasteiger partial charge in [0.05, 0.1) is 30.5 Å². The normalized spacial score (nSPS) is 42.9. The maximum atomic E-state index is 15.3. The molecule has 2 heterocycles. The van der Waals surface area contributed by atoms with Crippen molar-refractivity contribution in [3.63, 3.8) is 0 Å². The van der Waals surface area contributed by atoms with Crippen LogP contribution in [-0.2, 0) is 23.9 Å². The maximum absolute atomic E-state index is 15.3. The van der Waals surface area contributed by atoms with Crippen LogP contribution < -0.4 is 0 Å². The average molecular weight is 794 g/mol. The fourth-order valence-electron chi connectivity index (χ4n) is 16.0. The standard InChI is InChI=1S/C48H79N3O6/c1-42(2,41(54)55)32-38(52)57-37-14-15-45(6)35(43(37,3)4)13-16-47(8)36(45)11-10-34-39-33(44(5)18-19-44)12-17-48(39,21-20-46(34,47)7)40(53)51-26-24-49(25-27-51)22-9-23-50-28-30-56-31-29-50/h33-37,39H,9-32H2,1-8H3,(H,54,55)/t33-,34-,35+,36-,37+,39-,45+,46-,47-,48+/m1/s1. The number of fused-ring (bicyclic) bond motifs is 7. The molecule has 0 aromatic carbocycles. The van der Waals surface area contributed by atoms with Gasteiger partial charge in [-0.15, -0.1) is 0 Å². The van der Waals surface area contributed by atoms with Crippen molar-refractivity contribution >= 4 is 17.8 Å². The number of hydrogen-bond acceptors (Lipinski definition) is 7. The Kier molecular flexibility index (Phi) is 10.9. The molecule has 6 saturated carbocycles. The number of carboxylic acids is 1. The largest absolute Gasteiger partial charge is 0.481 e. The summed E-state index contributed by atoms with van der Waals surface area (Å²) in [6, 6.07) is 0. The highest BCUT2D eigenvalue weighted by Gasteiger charge is 2.73. The molecule has 0 bridgehead atoms. The molecule has 0 aromatic rings. The van der Waals surface area contributed by atoms with Crippen molar-refractivity contribution in [2.45, 2.75) is 151 Å². The van der Waals surface area contributed by atoms with Crippen LogP contribution in [0, 0.1) is 67.5 Å². The summed E-state index contributed by atoms with van der Waals surface area (Å²) in [5, 5.41) is 9.67. The third kappa shape index (κ3) is 6.84. The summed E-state index contributed by atoms with van der Waals surface area (Å²) in [6.45, 7) is 28.3. The number of aliphatic carboxylic acids is 1. The summed E-state index contributed by atoms with van der Waals surface area (Å²) in [7, 11) is 0. The number of carboxylic acid groups (broad SMARTS) is 1. The minimum atomic E-state index is -1.14. The van der Waals surface area contributed by atoms with Crippen LogP contribution in [0.3, 0.4) is 0 Å². The van der Waals surface area contributed by atoms with Gasteiger partial charge in [-0.1, -0.05) is 41.5 Å². The topological polar surface area (TPSA) is 99.6 Å². The number of nitrogens with zero attached hydrogens (tertiary/aromatic N) is 3. The summed E-state index contributed by atoms with van der Waals surface area (Å²) < 4.78 is 11.8. The lowest BCUT2D eigenvalue weighted by atomic mass is 9.32. The second-order valence-electron chi connectivity index (χ2n) is 23.3. The van der Waals surface area contributed by atoms with E-state index in [1.54, 1.807) is 13.8 Å². The molecule has 9 nitrogen and oxygen atoms in total. The number of rotatable bonds is 10. The zero-order chi connectivity index (χ0) is 40.8. The number of ether oxygens (including phenoxy) is 2. The first-order valence-corrected chi connectivity index (χ1v) is 23.6. The zero-order valence-corrected chi connectivity index (χ0v) is 37.3. The van der Waals surface area contributed by atoms with E-state index in [2.05, 4.69) is 56.2 Å². The highest BCUT2D eigenvalue weighted by atomic mass is 16.5. The fraction of sp³-hybridized carbons (Fsp3) is 0.938. The first-order valence-electron chi connectivity index (χ1n) is 23.6. The van der Waals surface area contributed by atoms with E-state index in [1.807, 2.05) is 0 Å². The molecular formula is C48H79N3O6. The molecule has 6 aliphatic carbocycles. The van der Waals surface area contributed by atoms with Crippen LogP contribution in [0.2, 0.25) is 0 Å². The van der Waals surface area contributed by atoms with Crippen LogP contribution in [-0.4, -0.2) is 109 Å². The molecule has 8 aliphatic rings. The summed E-state index contributed by atoms with van der Waals surface area (Å²) in [6.07, 6.45) is 14.8. The second-order valence-corrected chi connectivity index (χ2v) is 23.3. The molecule has 2 saturated heterocycles. The first kappa shape index (κ1) is 42.0. The maximum Gasteiger partial charge on any atom is 0.309 e. The lowest BCUT2D eigenvalue weighted by Gasteiger charge is -2.73. The Morgan fingerprint density at radius 1 is 0.702 bits per heavy atom. The van der Waals surface area contributed by atoms with E-state index in [4.69, 9.17) is 9.47 Å². The smallest absolute Gasteiger partial charge is 0.309 e. The lowest BCUT2D eigenvalue weighted by molar-refractivity contribution is -0.251. The van der Waals surface area contributed by atoms with Gasteiger partial charge in [0, 0.05) is 44.7 Å². The molecule has 1 N–H and O–H groups in total. The molecule has 57 heavy (non-hydrogen) atoms. The molecule has 2 aliphatic heterocycles. The molecule has 10 atom stereocenters. The zero-order valence-electron chi connectivity index (χ0n) is 37.3. The Balaban J connectivity index is 0.981. The van der Waals surface area contributed by atoms with Crippen LogP contribution in [0.1, 0.15) is 145 Å². The van der Waals surface area contributed by atoms with Gasteiger partial charge in [0.2, 0.25) is 5.91 Å². The molecule has 8 fully saturated rings. The van der Waals surface area contributed by atoms with Gasteiger partial charge < -0.3 is 19.5 Å². The quantitative estimate of drug-likeness (QED) is 0.222. The van der Waals surface area contributed by atoms with Crippen molar-refractivity contribution in [3.8, 4) is 0 Å². The van der Waals surface area contributed by atoms with Gasteiger partial charge in [-0.3, -0.25) is 24.2 Å². The molecule has 0 radical (unpaired) electrons. The number of esters is 1. The predicted octanol–water partition coefficient (Wildman–Crippen LogP) is 8.15. The molecule has 322 valence electrons. The molecule has 0 unspecified atom stereocenters. The Hall–Kier alpha value is -1.71. The van der Waals surface area contributed by atoms with Gasteiger partial charge in [0.25, 0.3) is 0 Å². The van der Waals surface area contributed by atoms with Crippen molar-refractivity contribution in [2.75, 3.05) is 65.6 Å². The van der Waals surface area contributed by atoms with Crippen LogP contribution >= 0.6 is 0 Å². The molecule has 0 aromatic heterocycles. The number of carbonyl (C=O) groups excluding carboxylic acids is 2. The lowest BCUT2D eigenvalue weighted by Crippen LogP contribution is -2.68. The van der Waals surface area contributed by atoms with E-state index in [9.17, 15) is 14.7 Å². The monoisotopic (exact) mass is 794 g/mol. The van der Waals surface area contributed by atoms with Gasteiger partial charge in [0.15, 0.2) is 0 Å². The number of amides is 1. The minimum Gasteiger partial charge on any atom is -0.481 e. The van der Waals surface area contributed by atoms with Gasteiger partial charge in [0.1, 0.15) is 6.10 Å². The van der Waals surface area contributed by atoms with Gasteiger partial charge in [-0.05, 0) is 162 Å². The number of piperazine rings is 1. The summed E-state index contributed by atoms with van der Waals surface area (Å²) in [5.41, 5.74) is -0.564. The van der Waals surface area contributed by atoms with Crippen molar-refractivity contribution in [1.29, 1.82) is 0 Å². The predicted molar refractivity (Wildman–Crippen MR) is 222 cm³/mol. The van der Waals surface area contributed by atoms with Gasteiger partial charge in [-0.2, -0.15) is 0 Å². The highest BCUT2D eigenvalue weighted by molar-refractivity contribution is 5.84. The molecule has 1 amide bonds. The van der Waals surface area contributed by atoms with Gasteiger partial charge >= 0.3 is 11.9 Å². The van der Waals surface area contributed by atoms with E-state index < -0.39 is 11.4 Å². The van der Waals surface area contributed by atoms with Crippen LogP contribution in [0.25, 0.3) is 0 Å². The van der Waals surface area contributed by atoms with Crippen molar-refractivity contribution in [2.24, 2.45) is 67.5 Å². The summed E-state index contributed by atoms with van der Waals surface area (Å²) in [5.74, 6) is 1.97. The average Bonchev–Trinajstić information content (AvgIpc) is 3.78. The van der Waals surface area contributed by atoms with Crippen LogP contribution in [0.5, 0.6) is 0 Å². The Labute approximate surface area is 345 Å². The fourth-order valence-corrected chi connectivity index (χ4v) is 16.0. The number of carbonyl (C=O) groups is 3. The first-order chi connectivity index (χ1) is 26.8. The second kappa shape index (κ2) is 14.7. The molecule has 0 spiro atoms. The van der Waals surface area contributed by atoms with Crippen molar-refractivity contribution < 1.29 is 29.0 Å². The van der Waals surface area contributed by atoms with E-state index in [-0.39, 0.29) is 45.6 Å². The van der Waals surface area contributed by atoms with E-state index in [1.165, 1.54) is 51.4 Å². The Bertz CT molecular complexity index is 1550. The minimum absolute atomic E-state index is 0.103. The van der Waals surface area contributed by atoms with E-state index in [0.29, 0.717) is 40.9 Å². The third-order valence-corrected chi connectivity index (χ3v) is 19.9. The van der Waals surface area contributed by atoms with Crippen molar-refractivity contribution in [1.82, 2.24) is 14.7 Å². The van der Waals surface area contributed by atoms with Crippen LogP contribution in [0.15, 0.2) is 0 Å². The van der Waals surface area contributed by atoms with Gasteiger partial charge in [-0.25, -0.2) is 0 Å². The molecule has 9 heteroatoms. The summed E-state index contributed by atoms with van der Waals surface area (Å²) >= 11 is 0. The van der Waals surface area contributed by atoms with Crippen molar-refractivity contribution in [3.05, 3.63) is 0 Å². The van der Waals surface area contributed by atoms with E-state index >= 15 is 4.79 Å².